The molecule has 0 aliphatic heterocycles. The monoisotopic (exact) mass is 296 g/mol. The molecular weight excluding hydrogens is 289 g/mol. The Balaban J connectivity index is 3.02. The van der Waals surface area contributed by atoms with Crippen LogP contribution in [0.3, 0.4) is 0 Å². The van der Waals surface area contributed by atoms with Gasteiger partial charge in [0.05, 0.1) is 11.3 Å². The molecule has 0 radical (unpaired) electrons. The van der Waals surface area contributed by atoms with Crippen molar-refractivity contribution in [2.45, 2.75) is 13.1 Å². The maximum absolute atomic E-state index is 12.7. The first-order valence-corrected chi connectivity index (χ1v) is 5.44. The summed E-state index contributed by atoms with van der Waals surface area (Å²) in [4.78, 5) is 10.7. The molecule has 0 heterocycles. The first kappa shape index (κ1) is 14.7. The largest absolute Gasteiger partial charge is 0.418 e. The number of carbonyl (C=O) groups is 1. The van der Waals surface area contributed by atoms with Gasteiger partial charge in [0, 0.05) is 11.9 Å². The van der Waals surface area contributed by atoms with Crippen LogP contribution in [0.2, 0.25) is 5.02 Å². The normalized spacial score (nSPS) is 10.9. The summed E-state index contributed by atoms with van der Waals surface area (Å²) in [5.41, 5.74) is -1.23. The maximum atomic E-state index is 12.7. The van der Waals surface area contributed by atoms with E-state index in [4.69, 9.17) is 11.6 Å². The lowest BCUT2D eigenvalue weighted by atomic mass is 10.1. The average Bonchev–Trinajstić information content (AvgIpc) is 2.17. The van der Waals surface area contributed by atoms with E-state index in [0.29, 0.717) is 0 Å². The van der Waals surface area contributed by atoms with Crippen molar-refractivity contribution in [1.82, 2.24) is 5.32 Å². The van der Waals surface area contributed by atoms with E-state index in [2.05, 4.69) is 22.9 Å². The van der Waals surface area contributed by atoms with E-state index in [1.807, 2.05) is 0 Å². The van der Waals surface area contributed by atoms with Crippen LogP contribution < -0.4 is 10.6 Å². The predicted molar refractivity (Wildman–Crippen MR) is 66.5 cm³/mol. The summed E-state index contributed by atoms with van der Waals surface area (Å²) >= 11 is 10.2. The van der Waals surface area contributed by atoms with Crippen LogP contribution in [0.5, 0.6) is 0 Å². The van der Waals surface area contributed by atoms with Crippen molar-refractivity contribution in [2.75, 3.05) is 5.32 Å². The standard InChI is InChI=1S/C10H8ClF3N2OS/c1-5(17)15-9(18)16-8-3-2-6(11)4-7(8)10(12,13)14/h2-4H,1H3,(H2,15,16,17,18). The van der Waals surface area contributed by atoms with Gasteiger partial charge < -0.3 is 10.6 Å². The fourth-order valence-electron chi connectivity index (χ4n) is 1.17. The van der Waals surface area contributed by atoms with Gasteiger partial charge in [0.25, 0.3) is 0 Å². The van der Waals surface area contributed by atoms with Gasteiger partial charge in [-0.2, -0.15) is 13.2 Å². The Bertz CT molecular complexity index is 491. The highest BCUT2D eigenvalue weighted by Gasteiger charge is 2.34. The van der Waals surface area contributed by atoms with Crippen molar-refractivity contribution in [3.8, 4) is 0 Å². The molecule has 0 fully saturated rings. The predicted octanol–water partition coefficient (Wildman–Crippen LogP) is 3.19. The number of anilines is 1. The van der Waals surface area contributed by atoms with Crippen LogP contribution in [0.4, 0.5) is 18.9 Å². The van der Waals surface area contributed by atoms with Crippen molar-refractivity contribution in [1.29, 1.82) is 0 Å². The Hall–Kier alpha value is -1.34. The maximum Gasteiger partial charge on any atom is 0.418 e. The molecule has 1 amide bonds. The molecule has 98 valence electrons. The third kappa shape index (κ3) is 4.15. The zero-order valence-electron chi connectivity index (χ0n) is 9.06. The van der Waals surface area contributed by atoms with E-state index >= 15 is 0 Å². The first-order valence-electron chi connectivity index (χ1n) is 4.65. The van der Waals surface area contributed by atoms with Gasteiger partial charge >= 0.3 is 6.18 Å². The van der Waals surface area contributed by atoms with Crippen molar-refractivity contribution in [3.05, 3.63) is 28.8 Å². The molecule has 1 aromatic rings. The Morgan fingerprint density at radius 1 is 1.39 bits per heavy atom. The molecule has 1 rings (SSSR count). The molecule has 0 saturated carbocycles. The van der Waals surface area contributed by atoms with Gasteiger partial charge in [0.2, 0.25) is 5.91 Å². The summed E-state index contributed by atoms with van der Waals surface area (Å²) < 4.78 is 38.1. The Labute approximate surface area is 111 Å². The van der Waals surface area contributed by atoms with Gasteiger partial charge in [-0.3, -0.25) is 4.79 Å². The minimum absolute atomic E-state index is 0.0432. The second-order valence-corrected chi connectivity index (χ2v) is 4.17. The molecule has 0 unspecified atom stereocenters. The Morgan fingerprint density at radius 3 is 2.50 bits per heavy atom. The van der Waals surface area contributed by atoms with Crippen molar-refractivity contribution in [3.63, 3.8) is 0 Å². The van der Waals surface area contributed by atoms with E-state index in [9.17, 15) is 18.0 Å². The van der Waals surface area contributed by atoms with Gasteiger partial charge in [0.15, 0.2) is 5.11 Å². The molecule has 0 aromatic heterocycles. The summed E-state index contributed by atoms with van der Waals surface area (Å²) in [7, 11) is 0. The fourth-order valence-corrected chi connectivity index (χ4v) is 1.60. The second kappa shape index (κ2) is 5.53. The number of halogens is 4. The van der Waals surface area contributed by atoms with E-state index in [1.165, 1.54) is 13.0 Å². The number of thiocarbonyl (C=S) groups is 1. The lowest BCUT2D eigenvalue weighted by Gasteiger charge is -2.15. The molecule has 18 heavy (non-hydrogen) atoms. The fraction of sp³-hybridized carbons (Fsp3) is 0.200. The number of carbonyl (C=O) groups excluding carboxylic acids is 1. The van der Waals surface area contributed by atoms with Crippen molar-refractivity contribution in [2.24, 2.45) is 0 Å². The van der Waals surface area contributed by atoms with Crippen molar-refractivity contribution < 1.29 is 18.0 Å². The zero-order chi connectivity index (χ0) is 13.9. The molecule has 3 nitrogen and oxygen atoms in total. The van der Waals surface area contributed by atoms with Gasteiger partial charge in [0.1, 0.15) is 0 Å². The topological polar surface area (TPSA) is 41.1 Å². The third-order valence-corrected chi connectivity index (χ3v) is 2.26. The zero-order valence-corrected chi connectivity index (χ0v) is 10.6. The number of hydrogen-bond donors (Lipinski definition) is 2. The van der Waals surface area contributed by atoms with E-state index < -0.39 is 17.6 Å². The van der Waals surface area contributed by atoms with Crippen LogP contribution in [-0.2, 0) is 11.0 Å². The third-order valence-electron chi connectivity index (χ3n) is 1.82. The highest BCUT2D eigenvalue weighted by molar-refractivity contribution is 7.80. The van der Waals surface area contributed by atoms with Crippen LogP contribution in [0.15, 0.2) is 18.2 Å². The molecule has 2 N–H and O–H groups in total. The van der Waals surface area contributed by atoms with E-state index in [0.717, 1.165) is 12.1 Å². The molecule has 0 aliphatic carbocycles. The number of hydrogen-bond acceptors (Lipinski definition) is 2. The van der Waals surface area contributed by atoms with Crippen LogP contribution >= 0.6 is 23.8 Å². The molecule has 0 bridgehead atoms. The number of amides is 1. The average molecular weight is 297 g/mol. The summed E-state index contributed by atoms with van der Waals surface area (Å²) in [6, 6.07) is 3.20. The number of benzene rings is 1. The smallest absolute Gasteiger partial charge is 0.332 e. The lowest BCUT2D eigenvalue weighted by Crippen LogP contribution is -2.32. The summed E-state index contributed by atoms with van der Waals surface area (Å²) in [5.74, 6) is -0.477. The highest BCUT2D eigenvalue weighted by atomic mass is 35.5. The van der Waals surface area contributed by atoms with E-state index in [-0.39, 0.29) is 15.8 Å². The number of rotatable bonds is 1. The van der Waals surface area contributed by atoms with Crippen LogP contribution in [0.1, 0.15) is 12.5 Å². The minimum Gasteiger partial charge on any atom is -0.332 e. The Kier molecular flexibility index (Phi) is 4.53. The van der Waals surface area contributed by atoms with Crippen LogP contribution in [0, 0.1) is 0 Å². The quantitative estimate of drug-likeness (QED) is 0.782. The summed E-state index contributed by atoms with van der Waals surface area (Å²) in [5, 5.41) is 4.21. The highest BCUT2D eigenvalue weighted by Crippen LogP contribution is 2.36. The second-order valence-electron chi connectivity index (χ2n) is 3.32. The van der Waals surface area contributed by atoms with Gasteiger partial charge in [-0.15, -0.1) is 0 Å². The minimum atomic E-state index is -4.57. The SMILES string of the molecule is CC(=O)NC(=S)Nc1ccc(Cl)cc1C(F)(F)F. The van der Waals surface area contributed by atoms with Gasteiger partial charge in [-0.1, -0.05) is 11.6 Å². The van der Waals surface area contributed by atoms with E-state index in [1.54, 1.807) is 0 Å². The lowest BCUT2D eigenvalue weighted by molar-refractivity contribution is -0.136. The van der Waals surface area contributed by atoms with Gasteiger partial charge in [-0.25, -0.2) is 0 Å². The van der Waals surface area contributed by atoms with Crippen molar-refractivity contribution >= 4 is 40.5 Å². The number of nitrogens with one attached hydrogen (secondary N) is 2. The van der Waals surface area contributed by atoms with Crippen LogP contribution in [0.25, 0.3) is 0 Å². The molecule has 1 aromatic carbocycles. The van der Waals surface area contributed by atoms with Gasteiger partial charge in [-0.05, 0) is 30.4 Å². The molecule has 0 aliphatic rings. The summed E-state index contributed by atoms with van der Waals surface area (Å²) in [6.07, 6.45) is -4.57. The molecule has 0 saturated heterocycles. The Morgan fingerprint density at radius 2 is 2.00 bits per heavy atom. The molecule has 0 spiro atoms. The van der Waals surface area contributed by atoms with Crippen LogP contribution in [-0.4, -0.2) is 11.0 Å². The molecule has 8 heteroatoms. The number of alkyl halides is 3. The summed E-state index contributed by atoms with van der Waals surface area (Å²) in [6.45, 7) is 1.19. The molecular formula is C10H8ClF3N2OS. The first-order chi connectivity index (χ1) is 8.20. The molecule has 0 atom stereocenters.